The van der Waals surface area contributed by atoms with Crippen LogP contribution in [0.4, 0.5) is 5.69 Å². The van der Waals surface area contributed by atoms with Crippen molar-refractivity contribution >= 4 is 5.69 Å². The number of para-hydroxylation sites is 1. The number of benzene rings is 1. The summed E-state index contributed by atoms with van der Waals surface area (Å²) >= 11 is 0. The molecule has 0 bridgehead atoms. The first kappa shape index (κ1) is 11.0. The van der Waals surface area contributed by atoms with Crippen molar-refractivity contribution in [2.75, 3.05) is 26.4 Å². The van der Waals surface area contributed by atoms with Crippen molar-refractivity contribution in [2.45, 2.75) is 12.8 Å². The molecule has 0 aromatic heterocycles. The Labute approximate surface area is 85.4 Å². The van der Waals surface area contributed by atoms with E-state index in [1.807, 2.05) is 30.3 Å². The fourth-order valence-electron chi connectivity index (χ4n) is 1.35. The Kier molecular flexibility index (Phi) is 4.43. The summed E-state index contributed by atoms with van der Waals surface area (Å²) in [7, 11) is 3.60. The Bertz CT molecular complexity index is 276. The zero-order valence-electron chi connectivity index (χ0n) is 8.86. The summed E-state index contributed by atoms with van der Waals surface area (Å²) in [4.78, 5) is 5.02. The minimum Gasteiger partial charge on any atom is -0.399 e. The molecule has 0 amide bonds. The molecule has 0 aliphatic heterocycles. The Morgan fingerprint density at radius 3 is 2.71 bits per heavy atom. The van der Waals surface area contributed by atoms with Crippen molar-refractivity contribution in [1.82, 2.24) is 5.06 Å². The van der Waals surface area contributed by atoms with E-state index in [0.29, 0.717) is 0 Å². The van der Waals surface area contributed by atoms with Crippen LogP contribution in [0.2, 0.25) is 0 Å². The molecule has 0 saturated heterocycles. The molecule has 0 heterocycles. The molecule has 1 aromatic carbocycles. The third-order valence-electron chi connectivity index (χ3n) is 2.29. The van der Waals surface area contributed by atoms with Crippen molar-refractivity contribution in [3.63, 3.8) is 0 Å². The Morgan fingerprint density at radius 1 is 1.36 bits per heavy atom. The van der Waals surface area contributed by atoms with Gasteiger partial charge in [-0.3, -0.25) is 0 Å². The van der Waals surface area contributed by atoms with Crippen LogP contribution in [0, 0.1) is 0 Å². The van der Waals surface area contributed by atoms with E-state index >= 15 is 0 Å². The van der Waals surface area contributed by atoms with Crippen molar-refractivity contribution in [2.24, 2.45) is 0 Å². The van der Waals surface area contributed by atoms with Gasteiger partial charge >= 0.3 is 0 Å². The van der Waals surface area contributed by atoms with E-state index in [1.165, 1.54) is 5.56 Å². The highest BCUT2D eigenvalue weighted by molar-refractivity contribution is 5.46. The van der Waals surface area contributed by atoms with Gasteiger partial charge in [-0.1, -0.05) is 18.2 Å². The van der Waals surface area contributed by atoms with Crippen LogP contribution in [0.25, 0.3) is 0 Å². The van der Waals surface area contributed by atoms with E-state index in [1.54, 1.807) is 7.11 Å². The van der Waals surface area contributed by atoms with Gasteiger partial charge in [-0.05, 0) is 24.5 Å². The first-order valence-corrected chi connectivity index (χ1v) is 4.82. The van der Waals surface area contributed by atoms with Gasteiger partial charge in [0.1, 0.15) is 0 Å². The molecule has 0 saturated carbocycles. The van der Waals surface area contributed by atoms with E-state index in [4.69, 9.17) is 10.6 Å². The molecule has 0 aliphatic carbocycles. The third kappa shape index (κ3) is 3.36. The van der Waals surface area contributed by atoms with Gasteiger partial charge in [0.05, 0.1) is 7.11 Å². The number of rotatable bonds is 5. The van der Waals surface area contributed by atoms with Gasteiger partial charge in [0.25, 0.3) is 0 Å². The molecule has 2 N–H and O–H groups in total. The number of anilines is 1. The van der Waals surface area contributed by atoms with Crippen LogP contribution < -0.4 is 5.73 Å². The van der Waals surface area contributed by atoms with Crippen molar-refractivity contribution in [1.29, 1.82) is 0 Å². The van der Waals surface area contributed by atoms with Crippen molar-refractivity contribution in [3.8, 4) is 0 Å². The highest BCUT2D eigenvalue weighted by Crippen LogP contribution is 2.12. The highest BCUT2D eigenvalue weighted by Gasteiger charge is 1.99. The molecule has 1 aromatic rings. The zero-order valence-corrected chi connectivity index (χ0v) is 8.86. The highest BCUT2D eigenvalue weighted by atomic mass is 16.7. The van der Waals surface area contributed by atoms with Gasteiger partial charge in [-0.2, -0.15) is 5.06 Å². The molecule has 3 heteroatoms. The lowest BCUT2D eigenvalue weighted by Gasteiger charge is -2.13. The number of nitrogen functional groups attached to an aromatic ring is 1. The van der Waals surface area contributed by atoms with E-state index in [0.717, 1.165) is 25.1 Å². The summed E-state index contributed by atoms with van der Waals surface area (Å²) in [6.45, 7) is 0.921. The molecule has 0 fully saturated rings. The lowest BCUT2D eigenvalue weighted by atomic mass is 10.1. The molecular weight excluding hydrogens is 176 g/mol. The predicted molar refractivity (Wildman–Crippen MR) is 58.8 cm³/mol. The molecule has 0 spiro atoms. The van der Waals surface area contributed by atoms with Crippen LogP contribution in [0.5, 0.6) is 0 Å². The average Bonchev–Trinajstić information content (AvgIpc) is 2.20. The predicted octanol–water partition coefficient (Wildman–Crippen LogP) is 1.69. The topological polar surface area (TPSA) is 38.5 Å². The number of aryl methyl sites for hydroxylation is 1. The number of hydroxylamine groups is 2. The normalized spacial score (nSPS) is 10.8. The number of nitrogens with two attached hydrogens (primary N) is 1. The minimum atomic E-state index is 0.882. The fraction of sp³-hybridized carbons (Fsp3) is 0.455. The molecule has 3 nitrogen and oxygen atoms in total. The summed E-state index contributed by atoms with van der Waals surface area (Å²) < 4.78 is 0. The maximum atomic E-state index is 5.83. The molecule has 1 rings (SSSR count). The Morgan fingerprint density at radius 2 is 2.07 bits per heavy atom. The monoisotopic (exact) mass is 194 g/mol. The molecule has 0 atom stereocenters. The number of nitrogens with zero attached hydrogens (tertiary/aromatic N) is 1. The zero-order chi connectivity index (χ0) is 10.4. The maximum absolute atomic E-state index is 5.83. The summed E-state index contributed by atoms with van der Waals surface area (Å²) in [5.74, 6) is 0. The van der Waals surface area contributed by atoms with Gasteiger partial charge < -0.3 is 10.6 Å². The van der Waals surface area contributed by atoms with Crippen LogP contribution in [0.15, 0.2) is 24.3 Å². The van der Waals surface area contributed by atoms with Gasteiger partial charge in [0.15, 0.2) is 0 Å². The van der Waals surface area contributed by atoms with Crippen LogP contribution in [-0.2, 0) is 11.3 Å². The fourth-order valence-corrected chi connectivity index (χ4v) is 1.35. The van der Waals surface area contributed by atoms with E-state index in [2.05, 4.69) is 6.07 Å². The number of hydrogen-bond donors (Lipinski definition) is 1. The van der Waals surface area contributed by atoms with Crippen LogP contribution in [0.3, 0.4) is 0 Å². The van der Waals surface area contributed by atoms with Crippen molar-refractivity contribution < 1.29 is 4.84 Å². The largest absolute Gasteiger partial charge is 0.399 e. The van der Waals surface area contributed by atoms with Crippen LogP contribution >= 0.6 is 0 Å². The molecule has 0 unspecified atom stereocenters. The standard InChI is InChI=1S/C11H18N2O/c1-13(14-2)9-5-7-10-6-3-4-8-11(10)12/h3-4,6,8H,5,7,9,12H2,1-2H3. The van der Waals surface area contributed by atoms with E-state index in [9.17, 15) is 0 Å². The maximum Gasteiger partial charge on any atom is 0.0575 e. The second kappa shape index (κ2) is 5.62. The summed E-state index contributed by atoms with van der Waals surface area (Å²) in [6, 6.07) is 7.99. The van der Waals surface area contributed by atoms with Gasteiger partial charge in [0.2, 0.25) is 0 Å². The minimum absolute atomic E-state index is 0.882. The first-order valence-electron chi connectivity index (χ1n) is 4.82. The van der Waals surface area contributed by atoms with Crippen molar-refractivity contribution in [3.05, 3.63) is 29.8 Å². The smallest absolute Gasteiger partial charge is 0.0575 e. The second-order valence-electron chi connectivity index (χ2n) is 3.34. The van der Waals surface area contributed by atoms with Gasteiger partial charge in [-0.15, -0.1) is 0 Å². The molecule has 0 radical (unpaired) electrons. The summed E-state index contributed by atoms with van der Waals surface area (Å²) in [6.07, 6.45) is 2.05. The van der Waals surface area contributed by atoms with Crippen LogP contribution in [-0.4, -0.2) is 25.8 Å². The Hall–Kier alpha value is -1.06. The molecule has 78 valence electrons. The average molecular weight is 194 g/mol. The number of hydrogen-bond acceptors (Lipinski definition) is 3. The second-order valence-corrected chi connectivity index (χ2v) is 3.34. The van der Waals surface area contributed by atoms with Crippen LogP contribution in [0.1, 0.15) is 12.0 Å². The summed E-state index contributed by atoms with van der Waals surface area (Å²) in [5, 5.41) is 1.82. The first-order chi connectivity index (χ1) is 6.74. The van der Waals surface area contributed by atoms with Gasteiger partial charge in [-0.25, -0.2) is 0 Å². The summed E-state index contributed by atoms with van der Waals surface area (Å²) in [5.41, 5.74) is 7.93. The third-order valence-corrected chi connectivity index (χ3v) is 2.29. The Balaban J connectivity index is 2.35. The molecular formula is C11H18N2O. The van der Waals surface area contributed by atoms with Gasteiger partial charge in [0, 0.05) is 19.3 Å². The van der Waals surface area contributed by atoms with E-state index < -0.39 is 0 Å². The quantitative estimate of drug-likeness (QED) is 0.572. The molecule has 0 aliphatic rings. The molecule has 14 heavy (non-hydrogen) atoms. The SMILES string of the molecule is CON(C)CCCc1ccccc1N. The lowest BCUT2D eigenvalue weighted by Crippen LogP contribution is -2.18. The van der Waals surface area contributed by atoms with E-state index in [-0.39, 0.29) is 0 Å². The lowest BCUT2D eigenvalue weighted by molar-refractivity contribution is -0.109.